The summed E-state index contributed by atoms with van der Waals surface area (Å²) < 4.78 is 5.12. The number of imidazole rings is 1. The minimum atomic E-state index is -1.17. The molecule has 1 fully saturated rings. The van der Waals surface area contributed by atoms with Crippen molar-refractivity contribution in [2.75, 3.05) is 0 Å². The molecule has 1 aromatic rings. The maximum atomic E-state index is 12.3. The predicted molar refractivity (Wildman–Crippen MR) is 82.6 cm³/mol. The van der Waals surface area contributed by atoms with Crippen LogP contribution in [0.4, 0.5) is 4.79 Å². The minimum absolute atomic E-state index is 0.0170. The number of rotatable bonds is 5. The van der Waals surface area contributed by atoms with Crippen LogP contribution in [0.5, 0.6) is 0 Å². The summed E-state index contributed by atoms with van der Waals surface area (Å²) in [6.07, 6.45) is 2.05. The maximum absolute atomic E-state index is 12.3. The lowest BCUT2D eigenvalue weighted by Crippen LogP contribution is -2.48. The number of amides is 3. The molecule has 0 aromatic carbocycles. The van der Waals surface area contributed by atoms with Gasteiger partial charge in [-0.2, -0.15) is 0 Å². The number of ether oxygens (including phenoxy) is 1. The van der Waals surface area contributed by atoms with Gasteiger partial charge in [0.1, 0.15) is 11.6 Å². The Morgan fingerprint density at radius 1 is 1.32 bits per heavy atom. The highest BCUT2D eigenvalue weighted by Gasteiger charge is 2.36. The lowest BCUT2D eigenvalue weighted by molar-refractivity contribution is -0.198. The van der Waals surface area contributed by atoms with Crippen molar-refractivity contribution >= 4 is 23.9 Å². The van der Waals surface area contributed by atoms with Gasteiger partial charge in [-0.1, -0.05) is 0 Å². The number of alkyl carbamates (subject to hydrolysis) is 1. The van der Waals surface area contributed by atoms with E-state index in [2.05, 4.69) is 15.3 Å². The van der Waals surface area contributed by atoms with E-state index in [1.165, 1.54) is 12.5 Å². The molecule has 2 rings (SSSR count). The van der Waals surface area contributed by atoms with Crippen LogP contribution >= 0.6 is 0 Å². The number of carbonyl (C=O) groups is 4. The van der Waals surface area contributed by atoms with Crippen LogP contribution in [0.3, 0.4) is 0 Å². The topological polar surface area (TPSA) is 131 Å². The first-order valence-electron chi connectivity index (χ1n) is 7.70. The monoisotopic (exact) mass is 352 g/mol. The quantitative estimate of drug-likeness (QED) is 0.736. The Hall–Kier alpha value is -2.91. The second-order valence-electron chi connectivity index (χ2n) is 6.47. The molecule has 1 aromatic heterocycles. The number of nitrogens with one attached hydrogen (secondary N) is 2. The number of hydrogen-bond acceptors (Lipinski definition) is 7. The number of aromatic nitrogens is 2. The van der Waals surface area contributed by atoms with E-state index < -0.39 is 35.5 Å². The molecule has 0 radical (unpaired) electrons. The van der Waals surface area contributed by atoms with Gasteiger partial charge >= 0.3 is 12.1 Å². The molecule has 1 aliphatic heterocycles. The molecule has 10 heteroatoms. The first-order chi connectivity index (χ1) is 11.7. The molecule has 2 N–H and O–H groups in total. The van der Waals surface area contributed by atoms with E-state index in [4.69, 9.17) is 9.57 Å². The molecule has 1 atom stereocenters. The van der Waals surface area contributed by atoms with Gasteiger partial charge in [0.25, 0.3) is 11.8 Å². The van der Waals surface area contributed by atoms with Crippen molar-refractivity contribution in [2.24, 2.45) is 0 Å². The molecule has 1 aliphatic rings. The summed E-state index contributed by atoms with van der Waals surface area (Å²) in [7, 11) is 0. The third-order valence-electron chi connectivity index (χ3n) is 3.14. The van der Waals surface area contributed by atoms with E-state index in [1.807, 2.05) is 0 Å². The smallest absolute Gasteiger partial charge is 0.408 e. The number of hydroxylamine groups is 2. The van der Waals surface area contributed by atoms with E-state index in [0.29, 0.717) is 10.8 Å². The van der Waals surface area contributed by atoms with Crippen molar-refractivity contribution in [1.82, 2.24) is 20.3 Å². The molecular formula is C15H20N4O6. The van der Waals surface area contributed by atoms with E-state index in [1.54, 1.807) is 20.8 Å². The molecule has 2 heterocycles. The Labute approximate surface area is 143 Å². The number of aromatic amines is 1. The molecule has 25 heavy (non-hydrogen) atoms. The van der Waals surface area contributed by atoms with Crippen molar-refractivity contribution in [1.29, 1.82) is 0 Å². The summed E-state index contributed by atoms with van der Waals surface area (Å²) in [6, 6.07) is -1.17. The first kappa shape index (κ1) is 18.4. The molecule has 3 amide bonds. The van der Waals surface area contributed by atoms with Crippen LogP contribution in [-0.4, -0.2) is 50.6 Å². The SMILES string of the molecule is CC(C)(C)OC(=O)N[C@@H](Cc1cnc[nH]1)C(=O)ON1C(=O)CCC1=O. The van der Waals surface area contributed by atoms with Crippen LogP contribution in [0.25, 0.3) is 0 Å². The second-order valence-corrected chi connectivity index (χ2v) is 6.47. The molecule has 1 saturated heterocycles. The second kappa shape index (κ2) is 7.32. The van der Waals surface area contributed by atoms with Crippen LogP contribution in [0.15, 0.2) is 12.5 Å². The molecule has 0 spiro atoms. The van der Waals surface area contributed by atoms with Gasteiger partial charge in [-0.3, -0.25) is 9.59 Å². The molecule has 0 bridgehead atoms. The fraction of sp³-hybridized carbons (Fsp3) is 0.533. The highest BCUT2D eigenvalue weighted by Crippen LogP contribution is 2.14. The largest absolute Gasteiger partial charge is 0.444 e. The van der Waals surface area contributed by atoms with Gasteiger partial charge in [-0.15, -0.1) is 5.06 Å². The normalized spacial score (nSPS) is 15.9. The Bertz CT molecular complexity index is 648. The van der Waals surface area contributed by atoms with Crippen molar-refractivity contribution in [2.45, 2.75) is 51.7 Å². The molecule has 0 unspecified atom stereocenters. The number of H-pyrrole nitrogens is 1. The lowest BCUT2D eigenvalue weighted by Gasteiger charge is -2.23. The Morgan fingerprint density at radius 3 is 2.48 bits per heavy atom. The maximum Gasteiger partial charge on any atom is 0.408 e. The average Bonchev–Trinajstić information content (AvgIpc) is 3.09. The van der Waals surface area contributed by atoms with Crippen molar-refractivity contribution in [3.8, 4) is 0 Å². The van der Waals surface area contributed by atoms with Crippen LogP contribution in [-0.2, 0) is 30.4 Å². The Kier molecular flexibility index (Phi) is 5.40. The Balaban J connectivity index is 2.07. The van der Waals surface area contributed by atoms with Crippen LogP contribution in [0.1, 0.15) is 39.3 Å². The summed E-state index contributed by atoms with van der Waals surface area (Å²) in [5.74, 6) is -2.16. The van der Waals surface area contributed by atoms with Gasteiger partial charge in [0.05, 0.1) is 6.33 Å². The zero-order valence-electron chi connectivity index (χ0n) is 14.2. The van der Waals surface area contributed by atoms with Crippen LogP contribution < -0.4 is 5.32 Å². The summed E-state index contributed by atoms with van der Waals surface area (Å²) in [6.45, 7) is 5.03. The Morgan fingerprint density at radius 2 is 1.96 bits per heavy atom. The third kappa shape index (κ3) is 5.30. The first-order valence-corrected chi connectivity index (χ1v) is 7.70. The summed E-state index contributed by atoms with van der Waals surface area (Å²) in [4.78, 5) is 58.9. The minimum Gasteiger partial charge on any atom is -0.444 e. The van der Waals surface area contributed by atoms with E-state index in [-0.39, 0.29) is 19.3 Å². The number of hydrogen-bond donors (Lipinski definition) is 2. The van der Waals surface area contributed by atoms with E-state index in [9.17, 15) is 19.2 Å². The number of carbonyl (C=O) groups excluding carboxylic acids is 4. The fourth-order valence-electron chi connectivity index (χ4n) is 2.07. The standard InChI is InChI=1S/C15H20N4O6/c1-15(2,3)24-14(23)18-10(6-9-7-16-8-17-9)13(22)25-19-11(20)4-5-12(19)21/h7-8,10H,4-6H2,1-3H3,(H,16,17)(H,18,23)/t10-/m0/s1. The summed E-state index contributed by atoms with van der Waals surface area (Å²) in [5.41, 5.74) is -0.204. The van der Waals surface area contributed by atoms with Gasteiger partial charge in [0, 0.05) is 31.2 Å². The van der Waals surface area contributed by atoms with Gasteiger partial charge in [0.2, 0.25) is 0 Å². The van der Waals surface area contributed by atoms with E-state index in [0.717, 1.165) is 0 Å². The number of imide groups is 1. The van der Waals surface area contributed by atoms with Gasteiger partial charge in [-0.05, 0) is 20.8 Å². The fourth-order valence-corrected chi connectivity index (χ4v) is 2.07. The highest BCUT2D eigenvalue weighted by molar-refractivity contribution is 6.01. The summed E-state index contributed by atoms with van der Waals surface area (Å²) >= 11 is 0. The molecule has 0 saturated carbocycles. The third-order valence-corrected chi connectivity index (χ3v) is 3.14. The zero-order chi connectivity index (χ0) is 18.6. The molecule has 10 nitrogen and oxygen atoms in total. The van der Waals surface area contributed by atoms with Gasteiger partial charge < -0.3 is 19.9 Å². The van der Waals surface area contributed by atoms with Crippen molar-refractivity contribution < 1.29 is 28.8 Å². The highest BCUT2D eigenvalue weighted by atomic mass is 16.7. The van der Waals surface area contributed by atoms with E-state index >= 15 is 0 Å². The van der Waals surface area contributed by atoms with Gasteiger partial charge in [-0.25, -0.2) is 14.6 Å². The molecule has 136 valence electrons. The number of nitrogens with zero attached hydrogens (tertiary/aromatic N) is 2. The van der Waals surface area contributed by atoms with Crippen LogP contribution in [0, 0.1) is 0 Å². The average molecular weight is 352 g/mol. The predicted octanol–water partition coefficient (Wildman–Crippen LogP) is 0.453. The van der Waals surface area contributed by atoms with Crippen molar-refractivity contribution in [3.05, 3.63) is 18.2 Å². The van der Waals surface area contributed by atoms with Crippen molar-refractivity contribution in [3.63, 3.8) is 0 Å². The van der Waals surface area contributed by atoms with Crippen LogP contribution in [0.2, 0.25) is 0 Å². The lowest BCUT2D eigenvalue weighted by atomic mass is 10.1. The molecule has 0 aliphatic carbocycles. The summed E-state index contributed by atoms with van der Waals surface area (Å²) in [5, 5.41) is 2.81. The zero-order valence-corrected chi connectivity index (χ0v) is 14.2. The molecular weight excluding hydrogens is 332 g/mol. The van der Waals surface area contributed by atoms with Gasteiger partial charge in [0.15, 0.2) is 0 Å².